The third kappa shape index (κ3) is 5.89. The topological polar surface area (TPSA) is 148 Å². The van der Waals surface area contributed by atoms with Crippen molar-refractivity contribution in [2.45, 2.75) is 30.5 Å². The molecule has 2 heterocycles. The van der Waals surface area contributed by atoms with E-state index in [9.17, 15) is 29.4 Å². The van der Waals surface area contributed by atoms with Crippen LogP contribution in [0, 0.1) is 0 Å². The van der Waals surface area contributed by atoms with Gasteiger partial charge in [-0.05, 0) is 66.7 Å². The summed E-state index contributed by atoms with van der Waals surface area (Å²) in [5.74, 6) is -2.19. The summed E-state index contributed by atoms with van der Waals surface area (Å²) in [7, 11) is 0. The number of benzene rings is 3. The molecule has 4 atom stereocenters. The second-order valence-corrected chi connectivity index (χ2v) is 10.5. The van der Waals surface area contributed by atoms with E-state index in [2.05, 4.69) is 10.3 Å². The fourth-order valence-electron chi connectivity index (χ4n) is 4.69. The molecule has 1 unspecified atom stereocenters. The molecule has 3 aromatic carbocycles. The molecular formula is C30H23Cl2N3O7. The van der Waals surface area contributed by atoms with Gasteiger partial charge >= 0.3 is 5.69 Å². The van der Waals surface area contributed by atoms with E-state index in [1.807, 2.05) is 0 Å². The van der Waals surface area contributed by atoms with Crippen molar-refractivity contribution < 1.29 is 29.3 Å². The fraction of sp³-hybridized carbons (Fsp3) is 0.167. The van der Waals surface area contributed by atoms with Crippen LogP contribution in [0.1, 0.15) is 43.7 Å². The second kappa shape index (κ2) is 12.0. The Balaban J connectivity index is 1.45. The van der Waals surface area contributed by atoms with Crippen LogP contribution in [0.15, 0.2) is 95.9 Å². The highest BCUT2D eigenvalue weighted by molar-refractivity contribution is 6.31. The molecule has 1 fully saturated rings. The minimum Gasteiger partial charge on any atom is -0.382 e. The summed E-state index contributed by atoms with van der Waals surface area (Å²) in [5.41, 5.74) is -2.83. The number of ether oxygens (including phenoxy) is 1. The van der Waals surface area contributed by atoms with Crippen molar-refractivity contribution in [1.29, 1.82) is 0 Å². The SMILES string of the molecule is O=C(Nc1ccn([C@H]2C[C@@](O)(C(=O)c3ccc(Cl)cc3)[C@@H](C(O)C(=O)c3ccc(Cl)cc3)O2)c(=O)n1)c1ccccc1. The maximum Gasteiger partial charge on any atom is 0.351 e. The largest absolute Gasteiger partial charge is 0.382 e. The molecule has 1 saturated heterocycles. The molecule has 1 amide bonds. The lowest BCUT2D eigenvalue weighted by molar-refractivity contribution is -0.0915. The lowest BCUT2D eigenvalue weighted by Crippen LogP contribution is -2.53. The van der Waals surface area contributed by atoms with Crippen molar-refractivity contribution in [3.8, 4) is 0 Å². The number of hydrogen-bond donors (Lipinski definition) is 3. The van der Waals surface area contributed by atoms with E-state index in [0.29, 0.717) is 15.6 Å². The molecule has 3 N–H and O–H groups in total. The molecule has 0 saturated carbocycles. The number of carbonyl (C=O) groups is 3. The van der Waals surface area contributed by atoms with Gasteiger partial charge in [-0.1, -0.05) is 41.4 Å². The number of nitrogens with zero attached hydrogens (tertiary/aromatic N) is 2. The van der Waals surface area contributed by atoms with E-state index in [0.717, 1.165) is 4.57 Å². The zero-order chi connectivity index (χ0) is 30.0. The average Bonchev–Trinajstić information content (AvgIpc) is 3.35. The van der Waals surface area contributed by atoms with Crippen LogP contribution >= 0.6 is 23.2 Å². The van der Waals surface area contributed by atoms with Gasteiger partial charge in [0.2, 0.25) is 0 Å². The molecule has 0 aliphatic carbocycles. The summed E-state index contributed by atoms with van der Waals surface area (Å²) in [6.45, 7) is 0. The van der Waals surface area contributed by atoms with Crippen molar-refractivity contribution in [2.24, 2.45) is 0 Å². The lowest BCUT2D eigenvalue weighted by atomic mass is 9.82. The Bertz CT molecular complexity index is 1700. The standard InChI is InChI=1S/C30H23Cl2N3O7/c31-20-10-6-17(7-11-20)24(36)25(37)27-30(41,26(38)18-8-12-21(32)13-9-18)16-23(42-27)35-15-14-22(34-29(35)40)33-28(39)19-4-2-1-3-5-19/h1-15,23,25,27,37,41H,16H2,(H,33,34,39,40)/t23-,25?,27-,30-/m1/s1. The summed E-state index contributed by atoms with van der Waals surface area (Å²) in [6, 6.07) is 21.0. The zero-order valence-electron chi connectivity index (χ0n) is 21.7. The van der Waals surface area contributed by atoms with Crippen LogP contribution < -0.4 is 11.0 Å². The number of halogens is 2. The molecule has 1 aliphatic heterocycles. The van der Waals surface area contributed by atoms with E-state index in [-0.39, 0.29) is 16.9 Å². The molecule has 1 aromatic heterocycles. The van der Waals surface area contributed by atoms with E-state index < -0.39 is 53.6 Å². The van der Waals surface area contributed by atoms with Gasteiger partial charge in [0.1, 0.15) is 24.3 Å². The third-order valence-corrected chi connectivity index (χ3v) is 7.37. The quantitative estimate of drug-likeness (QED) is 0.255. The highest BCUT2D eigenvalue weighted by Gasteiger charge is 2.57. The first kappa shape index (κ1) is 29.3. The lowest BCUT2D eigenvalue weighted by Gasteiger charge is -2.29. The molecule has 214 valence electrons. The van der Waals surface area contributed by atoms with Gasteiger partial charge in [-0.25, -0.2) is 4.79 Å². The van der Waals surface area contributed by atoms with Crippen LogP contribution in [-0.4, -0.2) is 55.0 Å². The monoisotopic (exact) mass is 607 g/mol. The van der Waals surface area contributed by atoms with Gasteiger partial charge in [-0.15, -0.1) is 0 Å². The minimum atomic E-state index is -2.43. The number of aliphatic hydroxyl groups excluding tert-OH is 1. The Hall–Kier alpha value is -4.19. The Labute approximate surface area is 249 Å². The maximum atomic E-state index is 13.6. The highest BCUT2D eigenvalue weighted by atomic mass is 35.5. The van der Waals surface area contributed by atoms with Crippen molar-refractivity contribution in [2.75, 3.05) is 5.32 Å². The van der Waals surface area contributed by atoms with Gasteiger partial charge in [-0.3, -0.25) is 19.0 Å². The summed E-state index contributed by atoms with van der Waals surface area (Å²) >= 11 is 11.9. The van der Waals surface area contributed by atoms with Crippen LogP contribution in [0.5, 0.6) is 0 Å². The number of rotatable bonds is 8. The van der Waals surface area contributed by atoms with E-state index in [1.165, 1.54) is 60.8 Å². The van der Waals surface area contributed by atoms with Crippen LogP contribution in [-0.2, 0) is 4.74 Å². The molecule has 5 rings (SSSR count). The van der Waals surface area contributed by atoms with Crippen LogP contribution in [0.25, 0.3) is 0 Å². The number of Topliss-reactive ketones (excluding diaryl/α,β-unsaturated/α-hetero) is 2. The number of nitrogens with one attached hydrogen (secondary N) is 1. The van der Waals surface area contributed by atoms with Crippen molar-refractivity contribution in [3.05, 3.63) is 128 Å². The number of aromatic nitrogens is 2. The smallest absolute Gasteiger partial charge is 0.351 e. The predicted molar refractivity (Wildman–Crippen MR) is 154 cm³/mol. The van der Waals surface area contributed by atoms with Crippen LogP contribution in [0.3, 0.4) is 0 Å². The van der Waals surface area contributed by atoms with Crippen LogP contribution in [0.4, 0.5) is 5.82 Å². The first-order chi connectivity index (χ1) is 20.1. The molecule has 0 radical (unpaired) electrons. The van der Waals surface area contributed by atoms with Gasteiger partial charge in [-0.2, -0.15) is 4.98 Å². The number of hydrogen-bond acceptors (Lipinski definition) is 8. The first-order valence-electron chi connectivity index (χ1n) is 12.7. The summed E-state index contributed by atoms with van der Waals surface area (Å²) in [5, 5.41) is 26.1. The maximum absolute atomic E-state index is 13.6. The summed E-state index contributed by atoms with van der Waals surface area (Å²) in [4.78, 5) is 56.1. The van der Waals surface area contributed by atoms with Gasteiger partial charge in [0, 0.05) is 39.4 Å². The Morgan fingerprint density at radius 3 is 2.10 bits per heavy atom. The Morgan fingerprint density at radius 1 is 0.905 bits per heavy atom. The number of anilines is 1. The van der Waals surface area contributed by atoms with Crippen molar-refractivity contribution in [1.82, 2.24) is 9.55 Å². The Kier molecular flexibility index (Phi) is 8.35. The minimum absolute atomic E-state index is 0.0369. The van der Waals surface area contributed by atoms with E-state index in [1.54, 1.807) is 30.3 Å². The summed E-state index contributed by atoms with van der Waals surface area (Å²) in [6.07, 6.45) is -4.29. The molecular weight excluding hydrogens is 585 g/mol. The van der Waals surface area contributed by atoms with E-state index >= 15 is 0 Å². The average molecular weight is 608 g/mol. The molecule has 4 aromatic rings. The van der Waals surface area contributed by atoms with Gasteiger partial charge in [0.15, 0.2) is 17.2 Å². The fourth-order valence-corrected chi connectivity index (χ4v) is 4.94. The Morgan fingerprint density at radius 2 is 1.50 bits per heavy atom. The number of aliphatic hydroxyl groups is 2. The van der Waals surface area contributed by atoms with Gasteiger partial charge in [0.05, 0.1) is 0 Å². The molecule has 10 nitrogen and oxygen atoms in total. The third-order valence-electron chi connectivity index (χ3n) is 6.86. The molecule has 0 spiro atoms. The van der Waals surface area contributed by atoms with Gasteiger partial charge < -0.3 is 20.3 Å². The van der Waals surface area contributed by atoms with Crippen LogP contribution in [0.2, 0.25) is 10.0 Å². The normalized spacial score (nSPS) is 20.6. The molecule has 12 heteroatoms. The number of carbonyl (C=O) groups excluding carboxylic acids is 3. The number of amides is 1. The molecule has 1 aliphatic rings. The predicted octanol–water partition coefficient (Wildman–Crippen LogP) is 3.95. The number of ketones is 2. The second-order valence-electron chi connectivity index (χ2n) is 9.61. The zero-order valence-corrected chi connectivity index (χ0v) is 23.2. The summed E-state index contributed by atoms with van der Waals surface area (Å²) < 4.78 is 6.87. The van der Waals surface area contributed by atoms with Crippen molar-refractivity contribution in [3.63, 3.8) is 0 Å². The molecule has 0 bridgehead atoms. The highest BCUT2D eigenvalue weighted by Crippen LogP contribution is 2.41. The molecule has 42 heavy (non-hydrogen) atoms. The van der Waals surface area contributed by atoms with E-state index in [4.69, 9.17) is 27.9 Å². The first-order valence-corrected chi connectivity index (χ1v) is 13.4. The van der Waals surface area contributed by atoms with Crippen molar-refractivity contribution >= 4 is 46.5 Å². The van der Waals surface area contributed by atoms with Gasteiger partial charge in [0.25, 0.3) is 5.91 Å².